The molecule has 0 radical (unpaired) electrons. The van der Waals surface area contributed by atoms with E-state index < -0.39 is 0 Å². The minimum absolute atomic E-state index is 0.140. The van der Waals surface area contributed by atoms with Crippen molar-refractivity contribution in [2.24, 2.45) is 0 Å². The molecule has 0 N–H and O–H groups in total. The topological polar surface area (TPSA) is 36.4 Å². The molecule has 1 amide bonds. The van der Waals surface area contributed by atoms with Gasteiger partial charge in [0.15, 0.2) is 0 Å². The maximum absolute atomic E-state index is 13.0. The van der Waals surface area contributed by atoms with Crippen LogP contribution in [0.25, 0.3) is 10.8 Å². The third-order valence-corrected chi connectivity index (χ3v) is 5.55. The molecule has 0 saturated carbocycles. The van der Waals surface area contributed by atoms with E-state index >= 15 is 0 Å². The Balaban J connectivity index is 1.44. The summed E-state index contributed by atoms with van der Waals surface area (Å²) >= 11 is 1.69. The summed E-state index contributed by atoms with van der Waals surface area (Å²) in [7, 11) is 0. The molecular weight excluding hydrogens is 330 g/mol. The smallest absolute Gasteiger partial charge is 0.254 e. The van der Waals surface area contributed by atoms with Gasteiger partial charge in [-0.25, -0.2) is 4.98 Å². The first kappa shape index (κ1) is 16.2. The molecule has 5 heteroatoms. The van der Waals surface area contributed by atoms with Gasteiger partial charge >= 0.3 is 0 Å². The van der Waals surface area contributed by atoms with Gasteiger partial charge in [-0.2, -0.15) is 0 Å². The fraction of sp³-hybridized carbons (Fsp3) is 0.300. The largest absolute Gasteiger partial charge is 0.336 e. The Hall–Kier alpha value is -2.24. The number of benzene rings is 2. The molecule has 4 nitrogen and oxygen atoms in total. The summed E-state index contributed by atoms with van der Waals surface area (Å²) in [4.78, 5) is 21.9. The molecule has 1 fully saturated rings. The van der Waals surface area contributed by atoms with Crippen molar-refractivity contribution in [1.29, 1.82) is 0 Å². The third kappa shape index (κ3) is 3.43. The molecule has 1 aromatic heterocycles. The van der Waals surface area contributed by atoms with Gasteiger partial charge in [-0.3, -0.25) is 9.69 Å². The van der Waals surface area contributed by atoms with Crippen LogP contribution < -0.4 is 0 Å². The number of aromatic nitrogens is 1. The van der Waals surface area contributed by atoms with E-state index in [4.69, 9.17) is 0 Å². The molecule has 0 bridgehead atoms. The molecule has 1 aliphatic heterocycles. The highest BCUT2D eigenvalue weighted by atomic mass is 32.1. The summed E-state index contributed by atoms with van der Waals surface area (Å²) in [6.45, 7) is 6.24. The Morgan fingerprint density at radius 1 is 1.08 bits per heavy atom. The van der Waals surface area contributed by atoms with Crippen molar-refractivity contribution in [2.45, 2.75) is 13.5 Å². The molecule has 0 atom stereocenters. The van der Waals surface area contributed by atoms with Gasteiger partial charge in [0.05, 0.1) is 10.7 Å². The highest BCUT2D eigenvalue weighted by molar-refractivity contribution is 7.09. The van der Waals surface area contributed by atoms with Crippen LogP contribution in [-0.4, -0.2) is 46.9 Å². The van der Waals surface area contributed by atoms with Crippen LogP contribution in [-0.2, 0) is 6.54 Å². The summed E-state index contributed by atoms with van der Waals surface area (Å²) in [5.41, 5.74) is 1.94. The number of hydrogen-bond acceptors (Lipinski definition) is 4. The molecule has 1 saturated heterocycles. The number of carbonyl (C=O) groups is 1. The van der Waals surface area contributed by atoms with E-state index in [2.05, 4.69) is 27.4 Å². The van der Waals surface area contributed by atoms with Gasteiger partial charge in [-0.1, -0.05) is 36.4 Å². The van der Waals surface area contributed by atoms with E-state index in [9.17, 15) is 4.79 Å². The van der Waals surface area contributed by atoms with Gasteiger partial charge < -0.3 is 4.90 Å². The quantitative estimate of drug-likeness (QED) is 0.724. The molecule has 0 unspecified atom stereocenters. The van der Waals surface area contributed by atoms with Crippen molar-refractivity contribution in [3.05, 3.63) is 64.1 Å². The van der Waals surface area contributed by atoms with Gasteiger partial charge in [0.2, 0.25) is 0 Å². The molecule has 0 spiro atoms. The maximum atomic E-state index is 13.0. The number of nitrogens with zero attached hydrogens (tertiary/aromatic N) is 3. The Morgan fingerprint density at radius 3 is 2.60 bits per heavy atom. The van der Waals surface area contributed by atoms with Crippen LogP contribution in [0.3, 0.4) is 0 Å². The molecule has 4 rings (SSSR count). The van der Waals surface area contributed by atoms with Crippen molar-refractivity contribution in [1.82, 2.24) is 14.8 Å². The Morgan fingerprint density at radius 2 is 1.84 bits per heavy atom. The third-order valence-electron chi connectivity index (χ3n) is 4.73. The number of thiazole rings is 1. The number of fused-ring (bicyclic) bond motifs is 1. The molecule has 2 heterocycles. The number of piperazine rings is 1. The fourth-order valence-corrected chi connectivity index (χ4v) is 4.01. The average molecular weight is 351 g/mol. The summed E-state index contributed by atoms with van der Waals surface area (Å²) in [5.74, 6) is 0.140. The van der Waals surface area contributed by atoms with Crippen molar-refractivity contribution >= 4 is 28.0 Å². The molecule has 128 valence electrons. The second kappa shape index (κ2) is 6.94. The minimum atomic E-state index is 0.140. The highest BCUT2D eigenvalue weighted by Gasteiger charge is 2.23. The zero-order chi connectivity index (χ0) is 17.2. The standard InChI is InChI=1S/C20H21N3OS/c1-15-21-17(14-25-15)13-22-9-11-23(12-10-22)20(24)19-8-4-6-16-5-2-3-7-18(16)19/h2-8,14H,9-13H2,1H3. The van der Waals surface area contributed by atoms with Crippen LogP contribution in [0.15, 0.2) is 47.8 Å². The van der Waals surface area contributed by atoms with E-state index in [-0.39, 0.29) is 5.91 Å². The molecule has 0 aliphatic carbocycles. The van der Waals surface area contributed by atoms with Gasteiger partial charge in [0.1, 0.15) is 0 Å². The normalized spacial score (nSPS) is 15.6. The van der Waals surface area contributed by atoms with Crippen molar-refractivity contribution in [3.8, 4) is 0 Å². The van der Waals surface area contributed by atoms with Crippen LogP contribution >= 0.6 is 11.3 Å². The summed E-state index contributed by atoms with van der Waals surface area (Å²) in [6, 6.07) is 14.1. The lowest BCUT2D eigenvalue weighted by atomic mass is 10.0. The first-order chi connectivity index (χ1) is 12.2. The molecular formula is C20H21N3OS. The van der Waals surface area contributed by atoms with E-state index in [0.29, 0.717) is 0 Å². The Bertz CT molecular complexity index is 891. The van der Waals surface area contributed by atoms with E-state index in [1.807, 2.05) is 42.2 Å². The fourth-order valence-electron chi connectivity index (χ4n) is 3.40. The maximum Gasteiger partial charge on any atom is 0.254 e. The number of hydrogen-bond donors (Lipinski definition) is 0. The second-order valence-electron chi connectivity index (χ2n) is 6.45. The van der Waals surface area contributed by atoms with Crippen LogP contribution in [0.4, 0.5) is 0 Å². The molecule has 3 aromatic rings. The van der Waals surface area contributed by atoms with Crippen LogP contribution in [0, 0.1) is 6.92 Å². The average Bonchev–Trinajstić information content (AvgIpc) is 3.06. The van der Waals surface area contributed by atoms with Gasteiger partial charge in [-0.15, -0.1) is 11.3 Å². The van der Waals surface area contributed by atoms with Crippen molar-refractivity contribution in [3.63, 3.8) is 0 Å². The number of carbonyl (C=O) groups excluding carboxylic acids is 1. The molecule has 25 heavy (non-hydrogen) atoms. The minimum Gasteiger partial charge on any atom is -0.336 e. The lowest BCUT2D eigenvalue weighted by molar-refractivity contribution is 0.0629. The SMILES string of the molecule is Cc1nc(CN2CCN(C(=O)c3cccc4ccccc34)CC2)cs1. The zero-order valence-corrected chi connectivity index (χ0v) is 15.1. The molecule has 1 aliphatic rings. The second-order valence-corrected chi connectivity index (χ2v) is 7.52. The lowest BCUT2D eigenvalue weighted by Gasteiger charge is -2.34. The predicted molar refractivity (Wildman–Crippen MR) is 102 cm³/mol. The number of rotatable bonds is 3. The van der Waals surface area contributed by atoms with E-state index in [1.165, 1.54) is 0 Å². The first-order valence-electron chi connectivity index (χ1n) is 8.61. The highest BCUT2D eigenvalue weighted by Crippen LogP contribution is 2.21. The van der Waals surface area contributed by atoms with Crippen molar-refractivity contribution < 1.29 is 4.79 Å². The number of amides is 1. The van der Waals surface area contributed by atoms with E-state index in [0.717, 1.165) is 59.8 Å². The first-order valence-corrected chi connectivity index (χ1v) is 9.49. The zero-order valence-electron chi connectivity index (χ0n) is 14.3. The van der Waals surface area contributed by atoms with E-state index in [1.54, 1.807) is 11.3 Å². The van der Waals surface area contributed by atoms with Gasteiger partial charge in [-0.05, 0) is 23.8 Å². The van der Waals surface area contributed by atoms with Crippen molar-refractivity contribution in [2.75, 3.05) is 26.2 Å². The Kier molecular flexibility index (Phi) is 4.51. The molecule has 2 aromatic carbocycles. The summed E-state index contributed by atoms with van der Waals surface area (Å²) in [6.07, 6.45) is 0. The lowest BCUT2D eigenvalue weighted by Crippen LogP contribution is -2.48. The summed E-state index contributed by atoms with van der Waals surface area (Å²) < 4.78 is 0. The van der Waals surface area contributed by atoms with Gasteiger partial charge in [0, 0.05) is 43.7 Å². The monoisotopic (exact) mass is 351 g/mol. The number of aryl methyl sites for hydroxylation is 1. The van der Waals surface area contributed by atoms with Crippen LogP contribution in [0.1, 0.15) is 21.1 Å². The Labute approximate surface area is 151 Å². The predicted octanol–water partition coefficient (Wildman–Crippen LogP) is 3.56. The van der Waals surface area contributed by atoms with Crippen LogP contribution in [0.5, 0.6) is 0 Å². The van der Waals surface area contributed by atoms with Gasteiger partial charge in [0.25, 0.3) is 5.91 Å². The summed E-state index contributed by atoms with van der Waals surface area (Å²) in [5, 5.41) is 5.39. The van der Waals surface area contributed by atoms with Crippen LogP contribution in [0.2, 0.25) is 0 Å².